The molecule has 0 fully saturated rings. The number of nitrogens with zero attached hydrogens (tertiary/aromatic N) is 1. The minimum Gasteiger partial charge on any atom is -0.457 e. The second kappa shape index (κ2) is 10.6. The average molecular weight is 554 g/mol. The first-order valence-corrected chi connectivity index (χ1v) is 15.1. The molecule has 0 N–H and O–H groups in total. The predicted molar refractivity (Wildman–Crippen MR) is 174 cm³/mol. The molecular formula is C41H31NO. The molecule has 3 aliphatic rings. The van der Waals surface area contributed by atoms with Gasteiger partial charge >= 0.3 is 0 Å². The van der Waals surface area contributed by atoms with E-state index in [2.05, 4.69) is 158 Å². The molecule has 2 heterocycles. The molecular weight excluding hydrogens is 522 g/mol. The average Bonchev–Trinajstić information content (AvgIpc) is 3.28. The fourth-order valence-corrected chi connectivity index (χ4v) is 7.12. The molecule has 2 nitrogen and oxygen atoms in total. The van der Waals surface area contributed by atoms with Crippen molar-refractivity contribution in [1.29, 1.82) is 0 Å². The zero-order valence-electron chi connectivity index (χ0n) is 23.9. The van der Waals surface area contributed by atoms with Crippen molar-refractivity contribution in [1.82, 2.24) is 0 Å². The van der Waals surface area contributed by atoms with Crippen molar-refractivity contribution in [3.05, 3.63) is 196 Å². The molecule has 43 heavy (non-hydrogen) atoms. The van der Waals surface area contributed by atoms with Crippen LogP contribution in [0.25, 0.3) is 11.3 Å². The molecule has 2 aliphatic heterocycles. The van der Waals surface area contributed by atoms with Gasteiger partial charge in [-0.05, 0) is 53.3 Å². The quantitative estimate of drug-likeness (QED) is 0.219. The molecule has 1 atom stereocenters. The summed E-state index contributed by atoms with van der Waals surface area (Å²) in [4.78, 5) is 5.17. The Kier molecular flexibility index (Phi) is 6.26. The highest BCUT2D eigenvalue weighted by Gasteiger charge is 2.46. The maximum absolute atomic E-state index is 6.53. The number of benzene rings is 5. The van der Waals surface area contributed by atoms with E-state index in [9.17, 15) is 0 Å². The van der Waals surface area contributed by atoms with E-state index in [0.717, 1.165) is 41.0 Å². The lowest BCUT2D eigenvalue weighted by atomic mass is 9.61. The Balaban J connectivity index is 1.35. The molecule has 0 aromatic heterocycles. The molecule has 2 heteroatoms. The van der Waals surface area contributed by atoms with E-state index in [1.165, 1.54) is 33.1 Å². The SMILES string of the molecule is C1=CC(C2(c3ccccc3)c3ccccc3Oc3ccccc32)=CC(C2=c3ccccc3=NC(c3ccccc3)=CC2)C1. The van der Waals surface area contributed by atoms with E-state index in [-0.39, 0.29) is 5.92 Å². The van der Waals surface area contributed by atoms with Gasteiger partial charge in [-0.15, -0.1) is 0 Å². The Morgan fingerprint density at radius 3 is 2.02 bits per heavy atom. The minimum atomic E-state index is -0.512. The predicted octanol–water partition coefficient (Wildman–Crippen LogP) is 8.54. The molecule has 0 bridgehead atoms. The maximum Gasteiger partial charge on any atom is 0.132 e. The summed E-state index contributed by atoms with van der Waals surface area (Å²) >= 11 is 0. The first-order valence-electron chi connectivity index (χ1n) is 15.1. The molecule has 0 saturated carbocycles. The summed E-state index contributed by atoms with van der Waals surface area (Å²) < 4.78 is 6.53. The van der Waals surface area contributed by atoms with Gasteiger partial charge < -0.3 is 4.74 Å². The highest BCUT2D eigenvalue weighted by molar-refractivity contribution is 5.72. The van der Waals surface area contributed by atoms with Crippen LogP contribution in [-0.2, 0) is 5.41 Å². The Bertz CT molecular complexity index is 2000. The number of hydrogen-bond donors (Lipinski definition) is 0. The van der Waals surface area contributed by atoms with Crippen molar-refractivity contribution in [2.45, 2.75) is 18.3 Å². The summed E-state index contributed by atoms with van der Waals surface area (Å²) in [6.07, 6.45) is 11.3. The second-order valence-electron chi connectivity index (χ2n) is 11.4. The normalized spacial score (nSPS) is 18.0. The third-order valence-electron chi connectivity index (χ3n) is 9.03. The first-order chi connectivity index (χ1) is 21.3. The van der Waals surface area contributed by atoms with Crippen LogP contribution in [-0.4, -0.2) is 0 Å². The van der Waals surface area contributed by atoms with E-state index < -0.39 is 5.41 Å². The summed E-state index contributed by atoms with van der Waals surface area (Å²) in [7, 11) is 0. The van der Waals surface area contributed by atoms with Gasteiger partial charge in [0.25, 0.3) is 0 Å². The fourth-order valence-electron chi connectivity index (χ4n) is 7.12. The Hall–Kier alpha value is -5.21. The van der Waals surface area contributed by atoms with Crippen molar-refractivity contribution in [2.24, 2.45) is 10.9 Å². The second-order valence-corrected chi connectivity index (χ2v) is 11.4. The minimum absolute atomic E-state index is 0.227. The highest BCUT2D eigenvalue weighted by Crippen LogP contribution is 2.56. The number of ether oxygens (including phenoxy) is 1. The van der Waals surface area contributed by atoms with Crippen LogP contribution in [0.2, 0.25) is 0 Å². The summed E-state index contributed by atoms with van der Waals surface area (Å²) in [5, 5.41) is 2.27. The van der Waals surface area contributed by atoms with Gasteiger partial charge in [-0.25, -0.2) is 4.99 Å². The number of hydrogen-bond acceptors (Lipinski definition) is 2. The van der Waals surface area contributed by atoms with Crippen molar-refractivity contribution in [2.75, 3.05) is 0 Å². The zero-order chi connectivity index (χ0) is 28.6. The van der Waals surface area contributed by atoms with Gasteiger partial charge in [0.2, 0.25) is 0 Å². The van der Waals surface area contributed by atoms with Gasteiger partial charge in [-0.3, -0.25) is 0 Å². The fraction of sp³-hybridized carbons (Fsp3) is 0.0976. The van der Waals surface area contributed by atoms with Crippen LogP contribution in [0.5, 0.6) is 11.5 Å². The molecule has 5 aromatic carbocycles. The largest absolute Gasteiger partial charge is 0.457 e. The van der Waals surface area contributed by atoms with Crippen LogP contribution in [0.3, 0.4) is 0 Å². The molecule has 5 aromatic rings. The lowest BCUT2D eigenvalue weighted by Gasteiger charge is -2.43. The van der Waals surface area contributed by atoms with Crippen molar-refractivity contribution < 1.29 is 4.74 Å². The molecule has 1 unspecified atom stereocenters. The van der Waals surface area contributed by atoms with E-state index in [1.807, 2.05) is 0 Å². The third-order valence-corrected chi connectivity index (χ3v) is 9.03. The third kappa shape index (κ3) is 4.21. The maximum atomic E-state index is 6.53. The molecule has 1 aliphatic carbocycles. The molecule has 0 amide bonds. The van der Waals surface area contributed by atoms with Crippen LogP contribution < -0.4 is 15.3 Å². The molecule has 206 valence electrons. The number of para-hydroxylation sites is 3. The van der Waals surface area contributed by atoms with Crippen LogP contribution in [0, 0.1) is 5.92 Å². The van der Waals surface area contributed by atoms with Crippen LogP contribution in [0.1, 0.15) is 35.1 Å². The Labute approximate surface area is 252 Å². The van der Waals surface area contributed by atoms with E-state index >= 15 is 0 Å². The van der Waals surface area contributed by atoms with Crippen LogP contribution in [0.15, 0.2) is 168 Å². The summed E-state index contributed by atoms with van der Waals surface area (Å²) in [6, 6.07) is 47.1. The lowest BCUT2D eigenvalue weighted by molar-refractivity contribution is 0.433. The summed E-state index contributed by atoms with van der Waals surface area (Å²) in [5.41, 5.74) is 7.93. The van der Waals surface area contributed by atoms with Gasteiger partial charge in [0, 0.05) is 22.3 Å². The summed E-state index contributed by atoms with van der Waals surface area (Å²) in [6.45, 7) is 0. The van der Waals surface area contributed by atoms with Gasteiger partial charge in [0.15, 0.2) is 0 Å². The van der Waals surface area contributed by atoms with E-state index in [4.69, 9.17) is 9.73 Å². The zero-order valence-corrected chi connectivity index (χ0v) is 23.9. The Morgan fingerprint density at radius 2 is 1.28 bits per heavy atom. The van der Waals surface area contributed by atoms with Gasteiger partial charge in [-0.1, -0.05) is 140 Å². The molecule has 0 saturated heterocycles. The smallest absolute Gasteiger partial charge is 0.132 e. The highest BCUT2D eigenvalue weighted by atomic mass is 16.5. The number of allylic oxidation sites excluding steroid dienone is 5. The lowest BCUT2D eigenvalue weighted by Crippen LogP contribution is -2.36. The standard InChI is InChI=1S/C41H31NO/c1-3-14-29(15-4-1)37-27-26-33(34-20-7-10-23-38(34)42-37)30-16-13-19-32(28-30)41(31-17-5-2-6-18-31)35-21-8-11-24-39(35)43-40-25-12-9-22-36(40)41/h1-15,17-25,27-28,30H,16,26H2. The van der Waals surface area contributed by atoms with Crippen molar-refractivity contribution >= 4 is 11.3 Å². The summed E-state index contributed by atoms with van der Waals surface area (Å²) in [5.74, 6) is 2.04. The van der Waals surface area contributed by atoms with E-state index in [0.29, 0.717) is 0 Å². The van der Waals surface area contributed by atoms with E-state index in [1.54, 1.807) is 0 Å². The van der Waals surface area contributed by atoms with Crippen LogP contribution >= 0.6 is 0 Å². The molecule has 0 spiro atoms. The Morgan fingerprint density at radius 1 is 0.651 bits per heavy atom. The van der Waals surface area contributed by atoms with Crippen molar-refractivity contribution in [3.63, 3.8) is 0 Å². The first kappa shape index (κ1) is 25.5. The number of rotatable bonds is 4. The van der Waals surface area contributed by atoms with Gasteiger partial charge in [-0.2, -0.15) is 0 Å². The molecule has 8 rings (SSSR count). The molecule has 0 radical (unpaired) electrons. The van der Waals surface area contributed by atoms with Gasteiger partial charge in [0.05, 0.1) is 16.5 Å². The van der Waals surface area contributed by atoms with Crippen LogP contribution in [0.4, 0.5) is 0 Å². The van der Waals surface area contributed by atoms with Gasteiger partial charge in [0.1, 0.15) is 11.5 Å². The monoisotopic (exact) mass is 553 g/mol. The van der Waals surface area contributed by atoms with Crippen molar-refractivity contribution in [3.8, 4) is 11.5 Å². The topological polar surface area (TPSA) is 21.6 Å². The number of fused-ring (bicyclic) bond motifs is 3.